The van der Waals surface area contributed by atoms with Gasteiger partial charge in [0.05, 0.1) is 0 Å². The molecule has 0 saturated carbocycles. The summed E-state index contributed by atoms with van der Waals surface area (Å²) >= 11 is 0. The number of hydrogen-bond acceptors (Lipinski definition) is 4. The third-order valence-electron chi connectivity index (χ3n) is 4.45. The maximum absolute atomic E-state index is 12.7. The minimum absolute atomic E-state index is 0.0800. The Hall–Kier alpha value is -3.06. The monoisotopic (exact) mass is 447 g/mol. The molecule has 1 unspecified atom stereocenters. The van der Waals surface area contributed by atoms with Crippen LogP contribution in [0.5, 0.6) is 0 Å². The fourth-order valence-corrected chi connectivity index (χ4v) is 2.81. The Labute approximate surface area is 190 Å². The van der Waals surface area contributed by atoms with E-state index in [2.05, 4.69) is 29.2 Å². The van der Waals surface area contributed by atoms with E-state index < -0.39 is 12.0 Å². The summed E-state index contributed by atoms with van der Waals surface area (Å²) in [5, 5.41) is 15.0. The molecule has 0 spiro atoms. The van der Waals surface area contributed by atoms with Crippen LogP contribution >= 0.6 is 0 Å². The number of azide groups is 1. The van der Waals surface area contributed by atoms with Crippen LogP contribution in [0.4, 0.5) is 0 Å². The van der Waals surface area contributed by atoms with Gasteiger partial charge >= 0.3 is 5.97 Å². The van der Waals surface area contributed by atoms with Crippen LogP contribution in [0, 0.1) is 5.92 Å². The molecule has 0 aliphatic carbocycles. The Balaban J connectivity index is 0.00000102. The van der Waals surface area contributed by atoms with Crippen molar-refractivity contribution in [1.82, 2.24) is 10.2 Å². The molecule has 32 heavy (non-hydrogen) atoms. The van der Waals surface area contributed by atoms with Gasteiger partial charge in [-0.2, -0.15) is 0 Å². The van der Waals surface area contributed by atoms with Crippen molar-refractivity contribution >= 4 is 17.8 Å². The van der Waals surface area contributed by atoms with Crippen molar-refractivity contribution in [3.8, 4) is 0 Å². The van der Waals surface area contributed by atoms with E-state index in [4.69, 9.17) is 10.6 Å². The second-order valence-corrected chi connectivity index (χ2v) is 7.79. The molecule has 9 heteroatoms. The van der Waals surface area contributed by atoms with E-state index >= 15 is 0 Å². The molecule has 1 rings (SSSR count). The normalized spacial score (nSPS) is 10.9. The van der Waals surface area contributed by atoms with Gasteiger partial charge in [-0.05, 0) is 49.3 Å². The SMILES string of the molecule is CC(C)CCN=[N+]=[N-].CCCN(CCC)C(=O)C(CCC(=O)O)NC(=O)c1ccccc1. The van der Waals surface area contributed by atoms with Crippen LogP contribution in [0.25, 0.3) is 10.4 Å². The third-order valence-corrected chi connectivity index (χ3v) is 4.45. The lowest BCUT2D eigenvalue weighted by molar-refractivity contribution is -0.138. The van der Waals surface area contributed by atoms with Crippen LogP contribution in [-0.4, -0.2) is 53.5 Å². The first-order valence-corrected chi connectivity index (χ1v) is 11.1. The number of carboxylic acids is 1. The third kappa shape index (κ3) is 13.3. The van der Waals surface area contributed by atoms with Crippen LogP contribution in [0.15, 0.2) is 35.4 Å². The lowest BCUT2D eigenvalue weighted by atomic mass is 10.1. The molecule has 0 fully saturated rings. The average Bonchev–Trinajstić information content (AvgIpc) is 2.76. The molecule has 1 atom stereocenters. The van der Waals surface area contributed by atoms with E-state index in [9.17, 15) is 14.4 Å². The van der Waals surface area contributed by atoms with Crippen molar-refractivity contribution in [1.29, 1.82) is 0 Å². The number of carboxylic acid groups (broad SMARTS) is 1. The standard InChI is InChI=1S/C18H26N2O4.C5H11N3/c1-3-12-20(13-4-2)18(24)15(10-11-16(21)22)19-17(23)14-8-6-5-7-9-14;1-5(2)3-4-7-8-6/h5-9,15H,3-4,10-13H2,1-2H3,(H,19,23)(H,21,22);5H,3-4H2,1-2H3. The first-order chi connectivity index (χ1) is 15.3. The zero-order chi connectivity index (χ0) is 24.4. The molecule has 0 heterocycles. The molecule has 2 amide bonds. The van der Waals surface area contributed by atoms with E-state index in [1.54, 1.807) is 35.2 Å². The van der Waals surface area contributed by atoms with E-state index in [0.29, 0.717) is 31.1 Å². The van der Waals surface area contributed by atoms with Crippen LogP contribution in [0.1, 0.15) is 70.2 Å². The highest BCUT2D eigenvalue weighted by atomic mass is 16.4. The molecule has 2 N–H and O–H groups in total. The van der Waals surface area contributed by atoms with E-state index in [1.165, 1.54) is 0 Å². The lowest BCUT2D eigenvalue weighted by Crippen LogP contribution is -2.49. The number of rotatable bonds is 13. The quantitative estimate of drug-likeness (QED) is 0.258. The maximum Gasteiger partial charge on any atom is 0.303 e. The summed E-state index contributed by atoms with van der Waals surface area (Å²) in [6, 6.07) is 7.77. The first kappa shape index (κ1) is 28.9. The van der Waals surface area contributed by atoms with E-state index in [-0.39, 0.29) is 24.7 Å². The number of nitrogens with zero attached hydrogens (tertiary/aromatic N) is 4. The van der Waals surface area contributed by atoms with Gasteiger partial charge in [0.15, 0.2) is 0 Å². The number of carbonyl (C=O) groups excluding carboxylic acids is 2. The summed E-state index contributed by atoms with van der Waals surface area (Å²) in [6.07, 6.45) is 2.52. The smallest absolute Gasteiger partial charge is 0.303 e. The van der Waals surface area contributed by atoms with Crippen LogP contribution in [0.3, 0.4) is 0 Å². The largest absolute Gasteiger partial charge is 0.481 e. The molecule has 0 aliphatic rings. The molecule has 0 saturated heterocycles. The fourth-order valence-electron chi connectivity index (χ4n) is 2.81. The maximum atomic E-state index is 12.7. The molecule has 0 bridgehead atoms. The molecular formula is C23H37N5O4. The number of aliphatic carboxylic acids is 1. The van der Waals surface area contributed by atoms with Gasteiger partial charge in [0.25, 0.3) is 5.91 Å². The minimum Gasteiger partial charge on any atom is -0.481 e. The number of benzene rings is 1. The van der Waals surface area contributed by atoms with Crippen molar-refractivity contribution in [2.24, 2.45) is 11.0 Å². The predicted molar refractivity (Wildman–Crippen MR) is 125 cm³/mol. The molecular weight excluding hydrogens is 410 g/mol. The van der Waals surface area contributed by atoms with E-state index in [1.807, 2.05) is 13.8 Å². The lowest BCUT2D eigenvalue weighted by Gasteiger charge is -2.27. The Morgan fingerprint density at radius 2 is 1.69 bits per heavy atom. The van der Waals surface area contributed by atoms with Gasteiger partial charge in [0.2, 0.25) is 5.91 Å². The van der Waals surface area contributed by atoms with Crippen molar-refractivity contribution in [2.45, 2.75) is 65.8 Å². The number of nitrogens with one attached hydrogen (secondary N) is 1. The second-order valence-electron chi connectivity index (χ2n) is 7.79. The summed E-state index contributed by atoms with van der Waals surface area (Å²) in [4.78, 5) is 40.2. The van der Waals surface area contributed by atoms with Crippen LogP contribution in [-0.2, 0) is 9.59 Å². The van der Waals surface area contributed by atoms with Gasteiger partial charge in [-0.1, -0.05) is 51.0 Å². The summed E-state index contributed by atoms with van der Waals surface area (Å²) in [6.45, 7) is 9.98. The molecule has 1 aromatic carbocycles. The van der Waals surface area contributed by atoms with Crippen molar-refractivity contribution in [3.05, 3.63) is 46.3 Å². The van der Waals surface area contributed by atoms with Crippen molar-refractivity contribution < 1.29 is 19.5 Å². The van der Waals surface area contributed by atoms with Gasteiger partial charge in [-0.25, -0.2) is 0 Å². The summed E-state index contributed by atoms with van der Waals surface area (Å²) < 4.78 is 0. The van der Waals surface area contributed by atoms with E-state index in [0.717, 1.165) is 19.3 Å². The topological polar surface area (TPSA) is 135 Å². The van der Waals surface area contributed by atoms with Gasteiger partial charge < -0.3 is 15.3 Å². The minimum atomic E-state index is -0.987. The number of hydrogen-bond donors (Lipinski definition) is 2. The zero-order valence-electron chi connectivity index (χ0n) is 19.7. The number of carbonyl (C=O) groups is 3. The van der Waals surface area contributed by atoms with Crippen molar-refractivity contribution in [3.63, 3.8) is 0 Å². The Kier molecular flexibility index (Phi) is 15.9. The summed E-state index contributed by atoms with van der Waals surface area (Å²) in [5.41, 5.74) is 8.28. The molecule has 9 nitrogen and oxygen atoms in total. The zero-order valence-corrected chi connectivity index (χ0v) is 19.7. The van der Waals surface area contributed by atoms with Crippen LogP contribution < -0.4 is 5.32 Å². The van der Waals surface area contributed by atoms with Gasteiger partial charge in [0.1, 0.15) is 6.04 Å². The van der Waals surface area contributed by atoms with Crippen LogP contribution in [0.2, 0.25) is 0 Å². The molecule has 0 aliphatic heterocycles. The second kappa shape index (κ2) is 17.6. The molecule has 0 radical (unpaired) electrons. The average molecular weight is 448 g/mol. The summed E-state index contributed by atoms with van der Waals surface area (Å²) in [5.74, 6) is -0.934. The first-order valence-electron chi connectivity index (χ1n) is 11.1. The van der Waals surface area contributed by atoms with Crippen molar-refractivity contribution in [2.75, 3.05) is 19.6 Å². The highest BCUT2D eigenvalue weighted by Crippen LogP contribution is 2.08. The summed E-state index contributed by atoms with van der Waals surface area (Å²) in [7, 11) is 0. The Morgan fingerprint density at radius 1 is 1.09 bits per heavy atom. The highest BCUT2D eigenvalue weighted by Gasteiger charge is 2.26. The fraction of sp³-hybridized carbons (Fsp3) is 0.609. The highest BCUT2D eigenvalue weighted by molar-refractivity contribution is 5.97. The molecule has 0 aromatic heterocycles. The predicted octanol–water partition coefficient (Wildman–Crippen LogP) is 4.64. The Bertz CT molecular complexity index is 727. The van der Waals surface area contributed by atoms with Gasteiger partial charge in [0, 0.05) is 36.5 Å². The molecule has 1 aromatic rings. The molecule has 178 valence electrons. The van der Waals surface area contributed by atoms with Gasteiger partial charge in [-0.3, -0.25) is 14.4 Å². The number of amides is 2. The Morgan fingerprint density at radius 3 is 2.16 bits per heavy atom. The van der Waals surface area contributed by atoms with Gasteiger partial charge in [-0.15, -0.1) is 0 Å².